The lowest BCUT2D eigenvalue weighted by Gasteiger charge is -2.60. The van der Waals surface area contributed by atoms with Gasteiger partial charge in [-0.25, -0.2) is 0 Å². The minimum atomic E-state index is -1.73. The second-order valence-electron chi connectivity index (χ2n) is 21.1. The van der Waals surface area contributed by atoms with Crippen molar-refractivity contribution in [3.05, 3.63) is 11.6 Å². The maximum Gasteiger partial charge on any atom is 0.187 e. The zero-order valence-corrected chi connectivity index (χ0v) is 36.8. The van der Waals surface area contributed by atoms with Gasteiger partial charge in [-0.3, -0.25) is 0 Å². The molecule has 0 radical (unpaired) electrons. The first-order chi connectivity index (χ1) is 29.3. The van der Waals surface area contributed by atoms with Crippen LogP contribution in [0.3, 0.4) is 0 Å². The van der Waals surface area contributed by atoms with Gasteiger partial charge >= 0.3 is 0 Å². The molecule has 0 unspecified atom stereocenters. The van der Waals surface area contributed by atoms with E-state index in [1.807, 2.05) is 0 Å². The van der Waals surface area contributed by atoms with E-state index in [0.29, 0.717) is 43.6 Å². The van der Waals surface area contributed by atoms with Gasteiger partial charge in [0.25, 0.3) is 0 Å². The summed E-state index contributed by atoms with van der Waals surface area (Å²) >= 11 is 0. The van der Waals surface area contributed by atoms with Crippen LogP contribution in [0, 0.1) is 46.3 Å². The third-order valence-corrected chi connectivity index (χ3v) is 17.8. The molecule has 4 aliphatic carbocycles. The van der Waals surface area contributed by atoms with E-state index in [0.717, 1.165) is 32.1 Å². The molecule has 62 heavy (non-hydrogen) atoms. The SMILES string of the molecule is C[C@@H]1CC[C@@]2(OC1)O[C@H]1C[C@H]3[C@@H]4CC=C5C[C@@H](O[C@@H]6O[C@H](CO)[C@@H](O[C@@H]7O[C@@H](C)[C@H](O)[C@@H](O)[C@H]7O)[C@H](O)[C@H]6O[C@@H]6O[C@@H](C)[C@H](O)[C@@H](O)[C@H]6O)CC[C@]5(C)[C@H]4C[C@H](O)[C@]3(C)[C@H]1[C@@H]2C. The lowest BCUT2D eigenvalue weighted by molar-refractivity contribution is -0.388. The van der Waals surface area contributed by atoms with Gasteiger partial charge in [-0.1, -0.05) is 39.3 Å². The Hall–Kier alpha value is -0.940. The molecule has 17 heteroatoms. The molecule has 1 spiro atoms. The Bertz CT molecular complexity index is 1630. The number of aliphatic hydroxyl groups is 9. The molecule has 5 aliphatic heterocycles. The van der Waals surface area contributed by atoms with E-state index < -0.39 is 117 Å². The highest BCUT2D eigenvalue weighted by Gasteiger charge is 2.71. The van der Waals surface area contributed by atoms with Crippen molar-refractivity contribution in [2.45, 2.75) is 209 Å². The molecule has 0 aromatic heterocycles. The summed E-state index contributed by atoms with van der Waals surface area (Å²) in [6.07, 6.45) is -13.9. The fourth-order valence-corrected chi connectivity index (χ4v) is 13.9. The van der Waals surface area contributed by atoms with Crippen LogP contribution in [0.1, 0.15) is 92.9 Å². The molecular formula is C45H72O17. The fourth-order valence-electron chi connectivity index (χ4n) is 13.9. The van der Waals surface area contributed by atoms with Crippen molar-refractivity contribution < 1.29 is 83.9 Å². The van der Waals surface area contributed by atoms with E-state index in [9.17, 15) is 46.0 Å². The Labute approximate surface area is 363 Å². The first-order valence-electron chi connectivity index (χ1n) is 23.3. The first-order valence-corrected chi connectivity index (χ1v) is 23.3. The van der Waals surface area contributed by atoms with Crippen LogP contribution in [0.25, 0.3) is 0 Å². The maximum absolute atomic E-state index is 12.3. The highest BCUT2D eigenvalue weighted by Crippen LogP contribution is 2.70. The van der Waals surface area contributed by atoms with Gasteiger partial charge in [0.1, 0.15) is 61.0 Å². The highest BCUT2D eigenvalue weighted by atomic mass is 16.8. The summed E-state index contributed by atoms with van der Waals surface area (Å²) in [6.45, 7) is 12.1. The summed E-state index contributed by atoms with van der Waals surface area (Å²) in [5.74, 6) is 1.29. The number of ether oxygens (including phenoxy) is 8. The van der Waals surface area contributed by atoms with E-state index >= 15 is 0 Å². The van der Waals surface area contributed by atoms with Crippen molar-refractivity contribution in [1.82, 2.24) is 0 Å². The molecule has 354 valence electrons. The van der Waals surface area contributed by atoms with Crippen molar-refractivity contribution in [2.75, 3.05) is 13.2 Å². The molecule has 0 bridgehead atoms. The highest BCUT2D eigenvalue weighted by molar-refractivity contribution is 5.27. The van der Waals surface area contributed by atoms with Gasteiger partial charge in [-0.2, -0.15) is 0 Å². The summed E-state index contributed by atoms with van der Waals surface area (Å²) in [7, 11) is 0. The molecule has 9 N–H and O–H groups in total. The van der Waals surface area contributed by atoms with Gasteiger partial charge in [0.05, 0.1) is 43.7 Å². The van der Waals surface area contributed by atoms with Gasteiger partial charge in [-0.05, 0) is 87.9 Å². The summed E-state index contributed by atoms with van der Waals surface area (Å²) in [5, 5.41) is 98.2. The lowest BCUT2D eigenvalue weighted by Crippen LogP contribution is -2.66. The van der Waals surface area contributed by atoms with E-state index in [1.165, 1.54) is 19.4 Å². The fraction of sp³-hybridized carbons (Fsp3) is 0.956. The number of fused-ring (bicyclic) bond motifs is 7. The number of hydrogen-bond acceptors (Lipinski definition) is 17. The van der Waals surface area contributed by atoms with Gasteiger partial charge in [0.15, 0.2) is 24.7 Å². The second-order valence-corrected chi connectivity index (χ2v) is 21.1. The van der Waals surface area contributed by atoms with E-state index in [2.05, 4.69) is 33.8 Å². The molecule has 3 saturated carbocycles. The average Bonchev–Trinajstić information content (AvgIpc) is 3.70. The normalized spacial score (nSPS) is 58.9. The van der Waals surface area contributed by atoms with E-state index in [4.69, 9.17) is 37.9 Å². The summed E-state index contributed by atoms with van der Waals surface area (Å²) in [4.78, 5) is 0. The van der Waals surface area contributed by atoms with Crippen molar-refractivity contribution >= 4 is 0 Å². The number of hydrogen-bond donors (Lipinski definition) is 9. The minimum absolute atomic E-state index is 0.0536. The molecular weight excluding hydrogens is 812 g/mol. The van der Waals surface area contributed by atoms with Crippen LogP contribution in [-0.2, 0) is 37.9 Å². The van der Waals surface area contributed by atoms with Crippen LogP contribution >= 0.6 is 0 Å². The minimum Gasteiger partial charge on any atom is -0.394 e. The quantitative estimate of drug-likeness (QED) is 0.155. The van der Waals surface area contributed by atoms with Crippen LogP contribution in [-0.4, -0.2) is 175 Å². The molecule has 5 heterocycles. The van der Waals surface area contributed by atoms with Crippen LogP contribution < -0.4 is 0 Å². The molecule has 9 rings (SSSR count). The van der Waals surface area contributed by atoms with Crippen LogP contribution in [0.4, 0.5) is 0 Å². The molecule has 27 atom stereocenters. The summed E-state index contributed by atoms with van der Waals surface area (Å²) in [6, 6.07) is 0. The predicted octanol–water partition coefficient (Wildman–Crippen LogP) is 0.213. The molecule has 0 aromatic rings. The maximum atomic E-state index is 12.3. The predicted molar refractivity (Wildman–Crippen MR) is 214 cm³/mol. The molecule has 5 saturated heterocycles. The monoisotopic (exact) mass is 884 g/mol. The average molecular weight is 885 g/mol. The Morgan fingerprint density at radius 3 is 1.95 bits per heavy atom. The third kappa shape index (κ3) is 7.31. The Morgan fingerprint density at radius 2 is 1.34 bits per heavy atom. The summed E-state index contributed by atoms with van der Waals surface area (Å²) < 4.78 is 49.9. The lowest BCUT2D eigenvalue weighted by atomic mass is 9.46. The third-order valence-electron chi connectivity index (χ3n) is 17.8. The van der Waals surface area contributed by atoms with Crippen LogP contribution in [0.2, 0.25) is 0 Å². The Kier molecular flexibility index (Phi) is 12.7. The van der Waals surface area contributed by atoms with Crippen molar-refractivity contribution in [1.29, 1.82) is 0 Å². The molecule has 8 fully saturated rings. The zero-order chi connectivity index (χ0) is 44.4. The van der Waals surface area contributed by atoms with Crippen molar-refractivity contribution in [2.24, 2.45) is 46.3 Å². The topological polar surface area (TPSA) is 256 Å². The smallest absolute Gasteiger partial charge is 0.187 e. The van der Waals surface area contributed by atoms with Crippen molar-refractivity contribution in [3.8, 4) is 0 Å². The van der Waals surface area contributed by atoms with Gasteiger partial charge in [0, 0.05) is 23.7 Å². The van der Waals surface area contributed by atoms with Crippen LogP contribution in [0.5, 0.6) is 0 Å². The number of allylic oxidation sites excluding steroid dienone is 1. The van der Waals surface area contributed by atoms with Crippen LogP contribution in [0.15, 0.2) is 11.6 Å². The standard InChI is InChI=1S/C45H72O17/c1-18-9-12-45(55-17-18)19(2)30-27(62-45)14-26-24-8-7-22-13-23(10-11-43(22,5)25(24)15-29(47)44(26,30)6)58-42-39(61-41-36(53)34(51)32(49)21(4)57-41)37(54)38(28(16-46)59-42)60-40-35(52)33(50)31(48)20(3)56-40/h7,18-21,23-42,46-54H,8-17H2,1-6H3/t18-,19+,20+,21+,23+,24-,25+,26+,27+,28-,29+,30+,31+,32+,33-,34-,35-,36-,37+,38-,39-,40+,41+,42-,43+,44-,45-/m1/s1. The molecule has 0 aromatic carbocycles. The largest absolute Gasteiger partial charge is 0.394 e. The van der Waals surface area contributed by atoms with Gasteiger partial charge < -0.3 is 83.9 Å². The first kappa shape index (κ1) is 46.2. The molecule has 17 nitrogen and oxygen atoms in total. The van der Waals surface area contributed by atoms with E-state index in [-0.39, 0.29) is 34.7 Å². The van der Waals surface area contributed by atoms with E-state index in [1.54, 1.807) is 0 Å². The second kappa shape index (κ2) is 17.0. The molecule has 0 amide bonds. The van der Waals surface area contributed by atoms with Gasteiger partial charge in [0.2, 0.25) is 0 Å². The Balaban J connectivity index is 0.927. The van der Waals surface area contributed by atoms with Crippen molar-refractivity contribution in [3.63, 3.8) is 0 Å². The number of aliphatic hydroxyl groups excluding tert-OH is 9. The summed E-state index contributed by atoms with van der Waals surface area (Å²) in [5.41, 5.74) is 0.753. The zero-order valence-electron chi connectivity index (χ0n) is 36.8. The van der Waals surface area contributed by atoms with Gasteiger partial charge in [-0.15, -0.1) is 0 Å². The molecule has 9 aliphatic rings. The Morgan fingerprint density at radius 1 is 0.694 bits per heavy atom. The number of rotatable bonds is 7.